The minimum absolute atomic E-state index is 0.213. The molecule has 1 heterocycles. The highest BCUT2D eigenvalue weighted by atomic mass is 16.1. The van der Waals surface area contributed by atoms with E-state index >= 15 is 0 Å². The fourth-order valence-corrected chi connectivity index (χ4v) is 1.43. The van der Waals surface area contributed by atoms with Crippen LogP contribution in [-0.4, -0.2) is 27.9 Å². The van der Waals surface area contributed by atoms with Crippen molar-refractivity contribution >= 4 is 5.91 Å². The maximum absolute atomic E-state index is 11.7. The molecule has 0 spiro atoms. The summed E-state index contributed by atoms with van der Waals surface area (Å²) in [4.78, 5) is 11.7. The second-order valence-corrected chi connectivity index (χ2v) is 3.25. The molecule has 1 aromatic heterocycles. The second kappa shape index (κ2) is 4.57. The lowest BCUT2D eigenvalue weighted by Crippen LogP contribution is -2.23. The Bertz CT molecular complexity index is 478. The van der Waals surface area contributed by atoms with Crippen LogP contribution in [0.2, 0.25) is 0 Å². The molecule has 0 saturated carbocycles. The van der Waals surface area contributed by atoms with E-state index in [0.717, 1.165) is 5.56 Å². The molecular weight excluding hydrogens is 204 g/mol. The molecule has 1 aromatic carbocycles. The Morgan fingerprint density at radius 3 is 2.75 bits per heavy atom. The first-order chi connectivity index (χ1) is 7.83. The molecule has 0 fully saturated rings. The van der Waals surface area contributed by atoms with Gasteiger partial charge in [0.2, 0.25) is 0 Å². The summed E-state index contributed by atoms with van der Waals surface area (Å²) < 4.78 is 0. The summed E-state index contributed by atoms with van der Waals surface area (Å²) >= 11 is 0. The molecule has 0 saturated heterocycles. The molecule has 1 amide bonds. The molecule has 0 unspecified atom stereocenters. The Morgan fingerprint density at radius 2 is 2.06 bits per heavy atom. The third-order valence-electron chi connectivity index (χ3n) is 2.15. The van der Waals surface area contributed by atoms with Crippen LogP contribution in [0.3, 0.4) is 0 Å². The summed E-state index contributed by atoms with van der Waals surface area (Å²) in [5, 5.41) is 13.0. The fourth-order valence-electron chi connectivity index (χ4n) is 1.43. The highest BCUT2D eigenvalue weighted by Gasteiger charge is 2.16. The summed E-state index contributed by atoms with van der Waals surface area (Å²) in [5.41, 5.74) is 1.78. The quantitative estimate of drug-likeness (QED) is 0.810. The lowest BCUT2D eigenvalue weighted by molar-refractivity contribution is 0.0951. The number of carbonyl (C=O) groups is 1. The van der Waals surface area contributed by atoms with Gasteiger partial charge in [0.1, 0.15) is 5.69 Å². The maximum atomic E-state index is 11.7. The molecule has 2 rings (SSSR count). The van der Waals surface area contributed by atoms with E-state index in [2.05, 4.69) is 20.7 Å². The highest BCUT2D eigenvalue weighted by Crippen LogP contribution is 2.18. The van der Waals surface area contributed by atoms with Crippen LogP contribution in [0.25, 0.3) is 11.3 Å². The minimum Gasteiger partial charge on any atom is -0.351 e. The zero-order chi connectivity index (χ0) is 11.4. The summed E-state index contributed by atoms with van der Waals surface area (Å²) in [6.45, 7) is 2.43. The first-order valence-corrected chi connectivity index (χ1v) is 5.07. The summed E-state index contributed by atoms with van der Waals surface area (Å²) in [6, 6.07) is 9.48. The van der Waals surface area contributed by atoms with Gasteiger partial charge in [-0.3, -0.25) is 4.79 Å². The summed E-state index contributed by atoms with van der Waals surface area (Å²) in [6.07, 6.45) is 0. The topological polar surface area (TPSA) is 70.7 Å². The van der Waals surface area contributed by atoms with Gasteiger partial charge in [0, 0.05) is 12.1 Å². The number of rotatable bonds is 3. The van der Waals surface area contributed by atoms with E-state index < -0.39 is 0 Å². The van der Waals surface area contributed by atoms with Gasteiger partial charge < -0.3 is 5.32 Å². The average molecular weight is 216 g/mol. The van der Waals surface area contributed by atoms with Crippen molar-refractivity contribution in [1.82, 2.24) is 20.7 Å². The number of aromatic nitrogens is 3. The van der Waals surface area contributed by atoms with E-state index in [4.69, 9.17) is 0 Å². The molecular formula is C11H12N4O. The van der Waals surface area contributed by atoms with Gasteiger partial charge >= 0.3 is 0 Å². The highest BCUT2D eigenvalue weighted by molar-refractivity contribution is 5.97. The van der Waals surface area contributed by atoms with Crippen LogP contribution in [0.5, 0.6) is 0 Å². The third-order valence-corrected chi connectivity index (χ3v) is 2.15. The van der Waals surface area contributed by atoms with E-state index in [9.17, 15) is 4.79 Å². The zero-order valence-corrected chi connectivity index (χ0v) is 8.90. The van der Waals surface area contributed by atoms with Gasteiger partial charge in [-0.05, 0) is 6.92 Å². The van der Waals surface area contributed by atoms with Crippen LogP contribution in [0.1, 0.15) is 17.4 Å². The summed E-state index contributed by atoms with van der Waals surface area (Å²) in [5.74, 6) is -0.213. The number of carbonyl (C=O) groups excluding carboxylic acids is 1. The molecule has 0 radical (unpaired) electrons. The van der Waals surface area contributed by atoms with Crippen LogP contribution in [0, 0.1) is 0 Å². The number of hydrogen-bond acceptors (Lipinski definition) is 3. The minimum atomic E-state index is -0.213. The standard InChI is InChI=1S/C11H12N4O/c1-2-12-11(16)10-9(13-15-14-10)8-6-4-3-5-7-8/h3-7H,2H2,1H3,(H,12,16)(H,13,14,15). The normalized spacial score (nSPS) is 10.1. The molecule has 5 heteroatoms. The number of benzene rings is 1. The lowest BCUT2D eigenvalue weighted by atomic mass is 10.1. The molecule has 0 aliphatic carbocycles. The SMILES string of the molecule is CCNC(=O)c1n[nH]nc1-c1ccccc1. The fraction of sp³-hybridized carbons (Fsp3) is 0.182. The molecule has 2 N–H and O–H groups in total. The maximum Gasteiger partial charge on any atom is 0.274 e. The van der Waals surface area contributed by atoms with E-state index in [1.807, 2.05) is 37.3 Å². The molecule has 5 nitrogen and oxygen atoms in total. The molecule has 82 valence electrons. The van der Waals surface area contributed by atoms with Gasteiger partial charge in [0.25, 0.3) is 5.91 Å². The van der Waals surface area contributed by atoms with Crippen LogP contribution in [0.15, 0.2) is 30.3 Å². The molecule has 16 heavy (non-hydrogen) atoms. The van der Waals surface area contributed by atoms with Gasteiger partial charge in [-0.25, -0.2) is 0 Å². The monoisotopic (exact) mass is 216 g/mol. The molecule has 0 aliphatic heterocycles. The molecule has 0 aliphatic rings. The van der Waals surface area contributed by atoms with Crippen LogP contribution < -0.4 is 5.32 Å². The summed E-state index contributed by atoms with van der Waals surface area (Å²) in [7, 11) is 0. The Balaban J connectivity index is 2.37. The predicted octanol–water partition coefficient (Wildman–Crippen LogP) is 1.22. The van der Waals surface area contributed by atoms with Crippen molar-refractivity contribution in [2.24, 2.45) is 0 Å². The van der Waals surface area contributed by atoms with Crippen molar-refractivity contribution in [3.63, 3.8) is 0 Å². The predicted molar refractivity (Wildman–Crippen MR) is 59.8 cm³/mol. The number of nitrogens with one attached hydrogen (secondary N) is 2. The van der Waals surface area contributed by atoms with Crippen molar-refractivity contribution in [1.29, 1.82) is 0 Å². The van der Waals surface area contributed by atoms with E-state index in [1.54, 1.807) is 0 Å². The Kier molecular flexibility index (Phi) is 2.95. The first-order valence-electron chi connectivity index (χ1n) is 5.07. The lowest BCUT2D eigenvalue weighted by Gasteiger charge is -2.00. The van der Waals surface area contributed by atoms with Gasteiger partial charge in [0.05, 0.1) is 0 Å². The van der Waals surface area contributed by atoms with Gasteiger partial charge in [0.15, 0.2) is 5.69 Å². The van der Waals surface area contributed by atoms with Gasteiger partial charge in [-0.1, -0.05) is 30.3 Å². The number of hydrogen-bond donors (Lipinski definition) is 2. The largest absolute Gasteiger partial charge is 0.351 e. The van der Waals surface area contributed by atoms with Gasteiger partial charge in [-0.2, -0.15) is 15.4 Å². The third kappa shape index (κ3) is 1.93. The molecule has 2 aromatic rings. The number of nitrogens with zero attached hydrogens (tertiary/aromatic N) is 2. The second-order valence-electron chi connectivity index (χ2n) is 3.25. The van der Waals surface area contributed by atoms with Crippen molar-refractivity contribution in [3.05, 3.63) is 36.0 Å². The first kappa shape index (κ1) is 10.4. The number of amides is 1. The van der Waals surface area contributed by atoms with E-state index in [0.29, 0.717) is 17.9 Å². The zero-order valence-electron chi connectivity index (χ0n) is 8.90. The van der Waals surface area contributed by atoms with Gasteiger partial charge in [-0.15, -0.1) is 0 Å². The van der Waals surface area contributed by atoms with E-state index in [1.165, 1.54) is 0 Å². The Hall–Kier alpha value is -2.17. The van der Waals surface area contributed by atoms with Crippen LogP contribution in [-0.2, 0) is 0 Å². The van der Waals surface area contributed by atoms with Crippen molar-refractivity contribution in [3.8, 4) is 11.3 Å². The van der Waals surface area contributed by atoms with Crippen LogP contribution >= 0.6 is 0 Å². The number of H-pyrrole nitrogens is 1. The van der Waals surface area contributed by atoms with Crippen molar-refractivity contribution in [2.45, 2.75) is 6.92 Å². The molecule has 0 bridgehead atoms. The van der Waals surface area contributed by atoms with E-state index in [-0.39, 0.29) is 5.91 Å². The molecule has 0 atom stereocenters. The number of aromatic amines is 1. The average Bonchev–Trinajstić information content (AvgIpc) is 2.79. The van der Waals surface area contributed by atoms with Crippen LogP contribution in [0.4, 0.5) is 0 Å². The smallest absolute Gasteiger partial charge is 0.274 e. The van der Waals surface area contributed by atoms with Crippen molar-refractivity contribution in [2.75, 3.05) is 6.54 Å². The van der Waals surface area contributed by atoms with Crippen molar-refractivity contribution < 1.29 is 4.79 Å². The Labute approximate surface area is 92.9 Å². The Morgan fingerprint density at radius 1 is 1.31 bits per heavy atom.